The molecule has 5 rings (SSSR count). The van der Waals surface area contributed by atoms with E-state index in [1.807, 2.05) is 7.05 Å². The molecule has 0 radical (unpaired) electrons. The molecule has 3 aliphatic heterocycles. The van der Waals surface area contributed by atoms with Crippen molar-refractivity contribution in [1.29, 1.82) is 0 Å². The van der Waals surface area contributed by atoms with Crippen LogP contribution in [0.2, 0.25) is 0 Å². The summed E-state index contributed by atoms with van der Waals surface area (Å²) in [5, 5.41) is 4.74. The van der Waals surface area contributed by atoms with Gasteiger partial charge in [-0.3, -0.25) is 0 Å². The monoisotopic (exact) mass is 283 g/mol. The standard InChI is InChI=1S/C18H25N3/c1-19-9-6-15-14-4-2-3-5-17(14)20-18(15)16-12-21-10-7-13(16)8-11-21/h2-5,13,16,19-20H,6-12H2,1H3. The third-order valence-electron chi connectivity index (χ3n) is 5.50. The molecule has 0 amide bonds. The van der Waals surface area contributed by atoms with E-state index in [0.717, 1.165) is 18.9 Å². The maximum atomic E-state index is 3.77. The maximum Gasteiger partial charge on any atom is 0.0459 e. The van der Waals surface area contributed by atoms with Crippen LogP contribution in [0.25, 0.3) is 10.9 Å². The third kappa shape index (κ3) is 2.29. The molecule has 0 spiro atoms. The van der Waals surface area contributed by atoms with Crippen molar-refractivity contribution in [2.45, 2.75) is 25.2 Å². The summed E-state index contributed by atoms with van der Waals surface area (Å²) in [5.41, 5.74) is 4.40. The molecule has 3 saturated heterocycles. The van der Waals surface area contributed by atoms with Crippen molar-refractivity contribution < 1.29 is 0 Å². The van der Waals surface area contributed by atoms with Gasteiger partial charge in [0, 0.05) is 29.1 Å². The minimum atomic E-state index is 0.715. The number of hydrogen-bond acceptors (Lipinski definition) is 2. The fraction of sp³-hybridized carbons (Fsp3) is 0.556. The van der Waals surface area contributed by atoms with E-state index in [9.17, 15) is 0 Å². The summed E-state index contributed by atoms with van der Waals surface area (Å²) in [6.45, 7) is 4.93. The SMILES string of the molecule is CNCCc1c(C2CN3CCC2CC3)[nH]c2ccccc12. The summed E-state index contributed by atoms with van der Waals surface area (Å²) in [7, 11) is 2.04. The van der Waals surface area contributed by atoms with Crippen molar-refractivity contribution in [3.05, 3.63) is 35.5 Å². The Labute approximate surface area is 126 Å². The predicted molar refractivity (Wildman–Crippen MR) is 87.8 cm³/mol. The van der Waals surface area contributed by atoms with Gasteiger partial charge >= 0.3 is 0 Å². The Morgan fingerprint density at radius 2 is 2.05 bits per heavy atom. The molecule has 3 nitrogen and oxygen atoms in total. The highest BCUT2D eigenvalue weighted by molar-refractivity contribution is 5.85. The number of rotatable bonds is 4. The highest BCUT2D eigenvalue weighted by Gasteiger charge is 2.36. The molecular formula is C18H25N3. The van der Waals surface area contributed by atoms with Crippen LogP contribution in [0.3, 0.4) is 0 Å². The average molecular weight is 283 g/mol. The van der Waals surface area contributed by atoms with Gasteiger partial charge in [0.2, 0.25) is 0 Å². The number of H-pyrrole nitrogens is 1. The summed E-state index contributed by atoms with van der Waals surface area (Å²) >= 11 is 0. The van der Waals surface area contributed by atoms with Gasteiger partial charge in [0.15, 0.2) is 0 Å². The van der Waals surface area contributed by atoms with Crippen molar-refractivity contribution in [2.24, 2.45) is 5.92 Å². The van der Waals surface area contributed by atoms with Gasteiger partial charge in [-0.15, -0.1) is 0 Å². The van der Waals surface area contributed by atoms with Crippen molar-refractivity contribution in [3.8, 4) is 0 Å². The van der Waals surface area contributed by atoms with Crippen molar-refractivity contribution in [3.63, 3.8) is 0 Å². The van der Waals surface area contributed by atoms with Gasteiger partial charge in [-0.2, -0.15) is 0 Å². The Hall–Kier alpha value is -1.32. The van der Waals surface area contributed by atoms with Gasteiger partial charge in [0.25, 0.3) is 0 Å². The first kappa shape index (κ1) is 13.4. The number of hydrogen-bond donors (Lipinski definition) is 2. The maximum absolute atomic E-state index is 3.77. The Balaban J connectivity index is 1.76. The minimum absolute atomic E-state index is 0.715. The molecule has 4 heterocycles. The lowest BCUT2D eigenvalue weighted by Gasteiger charge is -2.45. The zero-order chi connectivity index (χ0) is 14.2. The largest absolute Gasteiger partial charge is 0.358 e. The van der Waals surface area contributed by atoms with Crippen molar-refractivity contribution in [1.82, 2.24) is 15.2 Å². The van der Waals surface area contributed by atoms with Gasteiger partial charge in [0.1, 0.15) is 0 Å². The molecule has 3 aliphatic rings. The normalized spacial score (nSPS) is 28.3. The molecule has 2 aromatic rings. The Morgan fingerprint density at radius 1 is 1.24 bits per heavy atom. The van der Waals surface area contributed by atoms with Crippen LogP contribution in [-0.4, -0.2) is 43.1 Å². The van der Waals surface area contributed by atoms with E-state index in [2.05, 4.69) is 39.5 Å². The molecule has 21 heavy (non-hydrogen) atoms. The predicted octanol–water partition coefficient (Wildman–Crippen LogP) is 2.74. The fourth-order valence-electron chi connectivity index (χ4n) is 4.35. The molecule has 3 fully saturated rings. The van der Waals surface area contributed by atoms with E-state index in [-0.39, 0.29) is 0 Å². The summed E-state index contributed by atoms with van der Waals surface area (Å²) in [6.07, 6.45) is 3.88. The number of aromatic amines is 1. The molecule has 3 heteroatoms. The average Bonchev–Trinajstić information content (AvgIpc) is 2.92. The molecule has 2 N–H and O–H groups in total. The van der Waals surface area contributed by atoms with E-state index in [0.29, 0.717) is 5.92 Å². The van der Waals surface area contributed by atoms with E-state index in [1.54, 1.807) is 5.56 Å². The van der Waals surface area contributed by atoms with Gasteiger partial charge in [-0.05, 0) is 63.5 Å². The second kappa shape index (κ2) is 5.47. The van der Waals surface area contributed by atoms with Gasteiger partial charge < -0.3 is 15.2 Å². The molecule has 1 aromatic heterocycles. The molecule has 1 unspecified atom stereocenters. The second-order valence-corrected chi connectivity index (χ2v) is 6.66. The van der Waals surface area contributed by atoms with Crippen LogP contribution in [0.1, 0.15) is 30.0 Å². The lowest BCUT2D eigenvalue weighted by atomic mass is 9.76. The number of likely N-dealkylation sites (N-methyl/N-ethyl adjacent to an activating group) is 1. The van der Waals surface area contributed by atoms with E-state index >= 15 is 0 Å². The first-order valence-corrected chi connectivity index (χ1v) is 8.33. The lowest BCUT2D eigenvalue weighted by Crippen LogP contribution is -2.46. The molecule has 2 bridgehead atoms. The molecule has 1 aromatic carbocycles. The highest BCUT2D eigenvalue weighted by atomic mass is 15.1. The highest BCUT2D eigenvalue weighted by Crippen LogP contribution is 2.41. The fourth-order valence-corrected chi connectivity index (χ4v) is 4.35. The van der Waals surface area contributed by atoms with Crippen LogP contribution in [0.5, 0.6) is 0 Å². The van der Waals surface area contributed by atoms with Gasteiger partial charge in [-0.25, -0.2) is 0 Å². The Bertz CT molecular complexity index is 622. The number of piperidine rings is 3. The quantitative estimate of drug-likeness (QED) is 0.904. The Morgan fingerprint density at radius 3 is 2.76 bits per heavy atom. The zero-order valence-corrected chi connectivity index (χ0v) is 12.9. The summed E-state index contributed by atoms with van der Waals surface area (Å²) < 4.78 is 0. The second-order valence-electron chi connectivity index (χ2n) is 6.66. The molecule has 1 atom stereocenters. The number of nitrogens with zero attached hydrogens (tertiary/aromatic N) is 1. The topological polar surface area (TPSA) is 31.1 Å². The lowest BCUT2D eigenvalue weighted by molar-refractivity contribution is 0.0854. The smallest absolute Gasteiger partial charge is 0.0459 e. The van der Waals surface area contributed by atoms with E-state index in [4.69, 9.17) is 0 Å². The van der Waals surface area contributed by atoms with Crippen molar-refractivity contribution >= 4 is 10.9 Å². The van der Waals surface area contributed by atoms with E-state index < -0.39 is 0 Å². The molecular weight excluding hydrogens is 258 g/mol. The number of benzene rings is 1. The number of para-hydroxylation sites is 1. The number of aromatic nitrogens is 1. The van der Waals surface area contributed by atoms with Crippen LogP contribution >= 0.6 is 0 Å². The van der Waals surface area contributed by atoms with E-state index in [1.165, 1.54) is 49.1 Å². The minimum Gasteiger partial charge on any atom is -0.358 e. The van der Waals surface area contributed by atoms with Gasteiger partial charge in [-0.1, -0.05) is 18.2 Å². The first-order chi connectivity index (χ1) is 10.4. The van der Waals surface area contributed by atoms with Crippen molar-refractivity contribution in [2.75, 3.05) is 33.2 Å². The molecule has 0 saturated carbocycles. The summed E-state index contributed by atoms with van der Waals surface area (Å²) in [6, 6.07) is 8.81. The molecule has 0 aliphatic carbocycles. The molecule has 112 valence electrons. The number of fused-ring (bicyclic) bond motifs is 4. The van der Waals surface area contributed by atoms with Crippen LogP contribution in [-0.2, 0) is 6.42 Å². The van der Waals surface area contributed by atoms with Crippen LogP contribution in [0.4, 0.5) is 0 Å². The summed E-state index contributed by atoms with van der Waals surface area (Å²) in [5.74, 6) is 1.60. The zero-order valence-electron chi connectivity index (χ0n) is 12.9. The third-order valence-corrected chi connectivity index (χ3v) is 5.50. The first-order valence-electron chi connectivity index (χ1n) is 8.33. The Kier molecular flexibility index (Phi) is 3.48. The van der Waals surface area contributed by atoms with Gasteiger partial charge in [0.05, 0.1) is 0 Å². The van der Waals surface area contributed by atoms with Crippen LogP contribution in [0, 0.1) is 5.92 Å². The van der Waals surface area contributed by atoms with Crippen LogP contribution in [0.15, 0.2) is 24.3 Å². The number of nitrogens with one attached hydrogen (secondary N) is 2. The summed E-state index contributed by atoms with van der Waals surface area (Å²) in [4.78, 5) is 6.42. The van der Waals surface area contributed by atoms with Crippen LogP contribution < -0.4 is 5.32 Å².